The Morgan fingerprint density at radius 2 is 1.90 bits per heavy atom. The van der Waals surface area contributed by atoms with Gasteiger partial charge in [0.15, 0.2) is 0 Å². The molecule has 1 saturated heterocycles. The number of aromatic nitrogens is 1. The molecule has 30 heavy (non-hydrogen) atoms. The largest absolute Gasteiger partial charge is 0.353 e. The molecule has 2 amide bonds. The van der Waals surface area contributed by atoms with Crippen molar-refractivity contribution < 1.29 is 9.59 Å². The van der Waals surface area contributed by atoms with Gasteiger partial charge >= 0.3 is 0 Å². The average Bonchev–Trinajstić information content (AvgIpc) is 3.35. The number of nitrogens with zero attached hydrogens (tertiary/aromatic N) is 2. The first kappa shape index (κ1) is 20.7. The summed E-state index contributed by atoms with van der Waals surface area (Å²) in [4.78, 5) is 27.5. The zero-order valence-corrected chi connectivity index (χ0v) is 18.5. The van der Waals surface area contributed by atoms with Crippen LogP contribution in [0.25, 0.3) is 10.2 Å². The molecule has 4 rings (SSSR count). The van der Waals surface area contributed by atoms with Crippen LogP contribution in [0.3, 0.4) is 0 Å². The van der Waals surface area contributed by atoms with Crippen LogP contribution in [-0.4, -0.2) is 40.4 Å². The number of aryl methyl sites for hydroxylation is 2. The van der Waals surface area contributed by atoms with Crippen LogP contribution in [0, 0.1) is 5.92 Å². The highest BCUT2D eigenvalue weighted by atomic mass is 32.1. The number of carbonyl (C=O) groups excluding carboxylic acids is 2. The van der Waals surface area contributed by atoms with Crippen LogP contribution in [-0.2, 0) is 18.3 Å². The Balaban J connectivity index is 1.26. The number of carbonyl (C=O) groups is 2. The van der Waals surface area contributed by atoms with Crippen LogP contribution in [0.4, 0.5) is 0 Å². The predicted octanol–water partition coefficient (Wildman–Crippen LogP) is 4.23. The van der Waals surface area contributed by atoms with Crippen molar-refractivity contribution in [3.05, 3.63) is 59.1 Å². The van der Waals surface area contributed by atoms with Gasteiger partial charge in [-0.2, -0.15) is 0 Å². The molecule has 6 heteroatoms. The van der Waals surface area contributed by atoms with Gasteiger partial charge in [-0.1, -0.05) is 30.3 Å². The Labute approximate surface area is 181 Å². The zero-order chi connectivity index (χ0) is 21.1. The van der Waals surface area contributed by atoms with E-state index in [0.29, 0.717) is 13.1 Å². The molecule has 3 heterocycles. The lowest BCUT2D eigenvalue weighted by atomic mass is 9.95. The maximum Gasteiger partial charge on any atom is 0.270 e. The van der Waals surface area contributed by atoms with Crippen molar-refractivity contribution in [2.45, 2.75) is 38.6 Å². The van der Waals surface area contributed by atoms with Crippen molar-refractivity contribution in [3.63, 3.8) is 0 Å². The number of rotatable bonds is 6. The number of likely N-dealkylation sites (tertiary alicyclic amines) is 1. The summed E-state index contributed by atoms with van der Waals surface area (Å²) in [5.41, 5.74) is 3.13. The van der Waals surface area contributed by atoms with E-state index < -0.39 is 0 Å². The van der Waals surface area contributed by atoms with E-state index in [9.17, 15) is 9.59 Å². The van der Waals surface area contributed by atoms with E-state index in [0.717, 1.165) is 41.6 Å². The molecule has 1 fully saturated rings. The predicted molar refractivity (Wildman–Crippen MR) is 122 cm³/mol. The number of thiophene rings is 1. The first-order valence-corrected chi connectivity index (χ1v) is 11.6. The maximum atomic E-state index is 13.0. The summed E-state index contributed by atoms with van der Waals surface area (Å²) >= 11 is 1.65. The second-order valence-corrected chi connectivity index (χ2v) is 9.21. The lowest BCUT2D eigenvalue weighted by Gasteiger charge is -2.32. The van der Waals surface area contributed by atoms with Crippen LogP contribution in [0.5, 0.6) is 0 Å². The molecule has 0 saturated carbocycles. The second kappa shape index (κ2) is 9.04. The molecular weight excluding hydrogens is 394 g/mol. The third-order valence-corrected chi connectivity index (χ3v) is 6.99. The SMILES string of the molecule is CC(CCc1ccccc1)NC(=O)C1CCN(C(=O)c2cc3sccc3n2C)CC1. The Kier molecular flexibility index (Phi) is 6.23. The molecule has 0 spiro atoms. The number of fused-ring (bicyclic) bond motifs is 1. The van der Waals surface area contributed by atoms with Crippen molar-refractivity contribution in [2.75, 3.05) is 13.1 Å². The smallest absolute Gasteiger partial charge is 0.270 e. The lowest BCUT2D eigenvalue weighted by molar-refractivity contribution is -0.126. The van der Waals surface area contributed by atoms with Crippen LogP contribution >= 0.6 is 11.3 Å². The first-order valence-electron chi connectivity index (χ1n) is 10.7. The molecule has 1 unspecified atom stereocenters. The first-order chi connectivity index (χ1) is 14.5. The molecule has 1 aliphatic heterocycles. The second-order valence-electron chi connectivity index (χ2n) is 8.26. The van der Waals surface area contributed by atoms with Gasteiger partial charge in [0.1, 0.15) is 5.69 Å². The summed E-state index contributed by atoms with van der Waals surface area (Å²) in [5, 5.41) is 5.22. The third kappa shape index (κ3) is 4.43. The van der Waals surface area contributed by atoms with Crippen molar-refractivity contribution in [3.8, 4) is 0 Å². The minimum Gasteiger partial charge on any atom is -0.353 e. The van der Waals surface area contributed by atoms with Crippen molar-refractivity contribution >= 4 is 33.4 Å². The highest BCUT2D eigenvalue weighted by Crippen LogP contribution is 2.26. The van der Waals surface area contributed by atoms with Crippen LogP contribution in [0.1, 0.15) is 42.2 Å². The minimum absolute atomic E-state index is 0.00914. The number of hydrogen-bond donors (Lipinski definition) is 1. The standard InChI is InChI=1S/C24H29N3O2S/c1-17(8-9-18-6-4-3-5-7-18)25-23(28)19-10-13-27(14-11-19)24(29)21-16-22-20(26(21)2)12-15-30-22/h3-7,12,15-17,19H,8-11,13-14H2,1-2H3,(H,25,28). The number of nitrogens with one attached hydrogen (secondary N) is 1. The molecular formula is C24H29N3O2S. The summed E-state index contributed by atoms with van der Waals surface area (Å²) in [5.74, 6) is 0.183. The van der Waals surface area contributed by atoms with Crippen LogP contribution < -0.4 is 5.32 Å². The lowest BCUT2D eigenvalue weighted by Crippen LogP contribution is -2.45. The van der Waals surface area contributed by atoms with Gasteiger partial charge < -0.3 is 14.8 Å². The Bertz CT molecular complexity index is 1020. The number of hydrogen-bond acceptors (Lipinski definition) is 3. The minimum atomic E-state index is -0.00914. The topological polar surface area (TPSA) is 54.3 Å². The molecule has 0 bridgehead atoms. The molecule has 0 radical (unpaired) electrons. The van der Waals surface area contributed by atoms with Gasteiger partial charge in [-0.25, -0.2) is 0 Å². The van der Waals surface area contributed by atoms with Gasteiger partial charge in [0, 0.05) is 32.1 Å². The number of benzene rings is 1. The van der Waals surface area contributed by atoms with E-state index in [1.165, 1.54) is 5.56 Å². The third-order valence-electron chi connectivity index (χ3n) is 6.13. The van der Waals surface area contributed by atoms with Crippen LogP contribution in [0.2, 0.25) is 0 Å². The Hall–Kier alpha value is -2.60. The maximum absolute atomic E-state index is 13.0. The molecule has 2 aromatic heterocycles. The summed E-state index contributed by atoms with van der Waals surface area (Å²) in [6, 6.07) is 14.5. The fourth-order valence-corrected chi connectivity index (χ4v) is 5.07. The Morgan fingerprint density at radius 1 is 1.17 bits per heavy atom. The van der Waals surface area contributed by atoms with E-state index in [1.807, 2.05) is 52.2 Å². The van der Waals surface area contributed by atoms with E-state index in [-0.39, 0.29) is 23.8 Å². The van der Waals surface area contributed by atoms with Gasteiger partial charge in [0.05, 0.1) is 10.2 Å². The van der Waals surface area contributed by atoms with Crippen molar-refractivity contribution in [2.24, 2.45) is 13.0 Å². The molecule has 1 aromatic carbocycles. The van der Waals surface area contributed by atoms with Crippen LogP contribution in [0.15, 0.2) is 47.8 Å². The van der Waals surface area contributed by atoms with E-state index >= 15 is 0 Å². The molecule has 1 atom stereocenters. The van der Waals surface area contributed by atoms with E-state index in [2.05, 4.69) is 24.4 Å². The van der Waals surface area contributed by atoms with Gasteiger partial charge in [-0.15, -0.1) is 11.3 Å². The highest BCUT2D eigenvalue weighted by Gasteiger charge is 2.29. The Morgan fingerprint density at radius 3 is 2.60 bits per heavy atom. The zero-order valence-electron chi connectivity index (χ0n) is 17.6. The quantitative estimate of drug-likeness (QED) is 0.645. The average molecular weight is 424 g/mol. The van der Waals surface area contributed by atoms with E-state index in [1.54, 1.807) is 11.3 Å². The normalized spacial score (nSPS) is 16.0. The highest BCUT2D eigenvalue weighted by molar-refractivity contribution is 7.17. The molecule has 158 valence electrons. The number of piperidine rings is 1. The van der Waals surface area contributed by atoms with Gasteiger partial charge in [0.25, 0.3) is 5.91 Å². The monoisotopic (exact) mass is 423 g/mol. The number of amides is 2. The fourth-order valence-electron chi connectivity index (χ4n) is 4.22. The molecule has 1 aliphatic rings. The summed E-state index contributed by atoms with van der Waals surface area (Å²) in [6.45, 7) is 3.34. The molecule has 3 aromatic rings. The van der Waals surface area contributed by atoms with E-state index in [4.69, 9.17) is 0 Å². The van der Waals surface area contributed by atoms with Crippen molar-refractivity contribution in [1.29, 1.82) is 0 Å². The van der Waals surface area contributed by atoms with Gasteiger partial charge in [-0.05, 0) is 55.7 Å². The summed E-state index contributed by atoms with van der Waals surface area (Å²) in [7, 11) is 1.94. The van der Waals surface area contributed by atoms with Crippen molar-refractivity contribution in [1.82, 2.24) is 14.8 Å². The molecule has 0 aliphatic carbocycles. The molecule has 5 nitrogen and oxygen atoms in total. The molecule has 1 N–H and O–H groups in total. The van der Waals surface area contributed by atoms with Gasteiger partial charge in [0.2, 0.25) is 5.91 Å². The summed E-state index contributed by atoms with van der Waals surface area (Å²) in [6.07, 6.45) is 3.34. The van der Waals surface area contributed by atoms with Gasteiger partial charge in [-0.3, -0.25) is 9.59 Å². The summed E-state index contributed by atoms with van der Waals surface area (Å²) < 4.78 is 3.11. The fraction of sp³-hybridized carbons (Fsp3) is 0.417.